The standard InChI is InChI=1S/C18H27BrN2O/c1-12(19)13-6-8-14(9-7-13)16(22)20-15-10-17(2,3)21-18(4,5)11-15/h6-9,12,15,21H,10-11H2,1-5H3,(H,20,22). The summed E-state index contributed by atoms with van der Waals surface area (Å²) in [6.45, 7) is 10.9. The number of halogens is 1. The third-order valence-electron chi connectivity index (χ3n) is 4.16. The predicted octanol–water partition coefficient (Wildman–Crippen LogP) is 4.18. The summed E-state index contributed by atoms with van der Waals surface area (Å²) in [5.74, 6) is 0.0206. The summed E-state index contributed by atoms with van der Waals surface area (Å²) in [5.41, 5.74) is 1.98. The summed E-state index contributed by atoms with van der Waals surface area (Å²) in [5, 5.41) is 6.84. The van der Waals surface area contributed by atoms with Crippen LogP contribution >= 0.6 is 15.9 Å². The number of hydrogen-bond acceptors (Lipinski definition) is 2. The highest BCUT2D eigenvalue weighted by Crippen LogP contribution is 2.28. The van der Waals surface area contributed by atoms with E-state index < -0.39 is 0 Å². The molecule has 2 N–H and O–H groups in total. The maximum atomic E-state index is 12.5. The van der Waals surface area contributed by atoms with Gasteiger partial charge in [0, 0.05) is 27.5 Å². The number of nitrogens with one attached hydrogen (secondary N) is 2. The van der Waals surface area contributed by atoms with Crippen molar-refractivity contribution in [1.82, 2.24) is 10.6 Å². The van der Waals surface area contributed by atoms with Gasteiger partial charge >= 0.3 is 0 Å². The second-order valence-electron chi connectivity index (χ2n) is 7.71. The molecule has 1 aromatic rings. The molecule has 1 aliphatic heterocycles. The molecule has 1 unspecified atom stereocenters. The topological polar surface area (TPSA) is 41.1 Å². The van der Waals surface area contributed by atoms with Gasteiger partial charge in [-0.2, -0.15) is 0 Å². The van der Waals surface area contributed by atoms with Crippen LogP contribution in [-0.4, -0.2) is 23.0 Å². The number of amides is 1. The van der Waals surface area contributed by atoms with E-state index in [2.05, 4.69) is 61.2 Å². The van der Waals surface area contributed by atoms with E-state index in [0.717, 1.165) is 18.4 Å². The third-order valence-corrected chi connectivity index (χ3v) is 4.69. The lowest BCUT2D eigenvalue weighted by atomic mass is 9.79. The second kappa shape index (κ2) is 6.32. The Labute approximate surface area is 142 Å². The number of piperidine rings is 1. The van der Waals surface area contributed by atoms with Crippen molar-refractivity contribution in [3.63, 3.8) is 0 Å². The normalized spacial score (nSPS) is 22.1. The highest BCUT2D eigenvalue weighted by atomic mass is 79.9. The zero-order valence-corrected chi connectivity index (χ0v) is 15.8. The van der Waals surface area contributed by atoms with Gasteiger partial charge in [-0.15, -0.1) is 0 Å². The first kappa shape index (κ1) is 17.5. The van der Waals surface area contributed by atoms with Crippen molar-refractivity contribution in [2.24, 2.45) is 0 Å². The van der Waals surface area contributed by atoms with E-state index in [9.17, 15) is 4.79 Å². The van der Waals surface area contributed by atoms with Gasteiger partial charge in [-0.3, -0.25) is 4.79 Å². The van der Waals surface area contributed by atoms with E-state index in [0.29, 0.717) is 4.83 Å². The Kier molecular flexibility index (Phi) is 5.03. The van der Waals surface area contributed by atoms with Gasteiger partial charge in [-0.1, -0.05) is 28.1 Å². The van der Waals surface area contributed by atoms with Crippen molar-refractivity contribution in [3.05, 3.63) is 35.4 Å². The second-order valence-corrected chi connectivity index (χ2v) is 9.08. The molecule has 2 rings (SSSR count). The Morgan fingerprint density at radius 1 is 1.18 bits per heavy atom. The first-order valence-corrected chi connectivity index (χ1v) is 8.84. The van der Waals surface area contributed by atoms with Crippen molar-refractivity contribution in [2.45, 2.75) is 69.4 Å². The summed E-state index contributed by atoms with van der Waals surface area (Å²) in [6, 6.07) is 8.02. The Morgan fingerprint density at radius 3 is 2.14 bits per heavy atom. The molecule has 1 fully saturated rings. The fraction of sp³-hybridized carbons (Fsp3) is 0.611. The fourth-order valence-corrected chi connectivity index (χ4v) is 3.90. The van der Waals surface area contributed by atoms with Crippen molar-refractivity contribution >= 4 is 21.8 Å². The zero-order valence-electron chi connectivity index (χ0n) is 14.2. The molecule has 0 saturated carbocycles. The Bertz CT molecular complexity index is 519. The minimum atomic E-state index is 0.0206. The maximum Gasteiger partial charge on any atom is 0.251 e. The van der Waals surface area contributed by atoms with Crippen LogP contribution in [0.1, 0.15) is 68.2 Å². The lowest BCUT2D eigenvalue weighted by Crippen LogP contribution is -2.62. The van der Waals surface area contributed by atoms with Crippen LogP contribution in [0.2, 0.25) is 0 Å². The first-order chi connectivity index (χ1) is 10.1. The summed E-state index contributed by atoms with van der Waals surface area (Å²) in [6.07, 6.45) is 1.89. The van der Waals surface area contributed by atoms with Crippen LogP contribution in [0.15, 0.2) is 24.3 Å². The monoisotopic (exact) mass is 366 g/mol. The van der Waals surface area contributed by atoms with E-state index in [4.69, 9.17) is 0 Å². The highest BCUT2D eigenvalue weighted by molar-refractivity contribution is 9.09. The van der Waals surface area contributed by atoms with Crippen LogP contribution < -0.4 is 10.6 Å². The molecule has 0 bridgehead atoms. The van der Waals surface area contributed by atoms with Gasteiger partial charge in [0.1, 0.15) is 0 Å². The number of rotatable bonds is 3. The summed E-state index contributed by atoms with van der Waals surface area (Å²) in [4.78, 5) is 12.8. The van der Waals surface area contributed by atoms with E-state index in [1.54, 1.807) is 0 Å². The molecule has 0 spiro atoms. The average Bonchev–Trinajstić information content (AvgIpc) is 2.34. The fourth-order valence-electron chi connectivity index (χ4n) is 3.59. The number of alkyl halides is 1. The molecule has 22 heavy (non-hydrogen) atoms. The molecule has 1 heterocycles. The molecule has 3 nitrogen and oxygen atoms in total. The molecule has 122 valence electrons. The molecule has 4 heteroatoms. The molecule has 1 amide bonds. The zero-order chi connectivity index (χ0) is 16.5. The molecule has 0 aliphatic carbocycles. The lowest BCUT2D eigenvalue weighted by molar-refractivity contribution is 0.0873. The van der Waals surface area contributed by atoms with Crippen LogP contribution in [0.4, 0.5) is 0 Å². The minimum Gasteiger partial charge on any atom is -0.349 e. The van der Waals surface area contributed by atoms with Crippen LogP contribution in [0, 0.1) is 0 Å². The van der Waals surface area contributed by atoms with Crippen LogP contribution in [0.5, 0.6) is 0 Å². The molecule has 1 saturated heterocycles. The van der Waals surface area contributed by atoms with Crippen LogP contribution in [-0.2, 0) is 0 Å². The first-order valence-electron chi connectivity index (χ1n) is 7.92. The van der Waals surface area contributed by atoms with Gasteiger partial charge in [0.2, 0.25) is 0 Å². The highest BCUT2D eigenvalue weighted by Gasteiger charge is 2.38. The quantitative estimate of drug-likeness (QED) is 0.787. The van der Waals surface area contributed by atoms with Crippen molar-refractivity contribution in [2.75, 3.05) is 0 Å². The Hall–Kier alpha value is -0.870. The number of carbonyl (C=O) groups excluding carboxylic acids is 1. The van der Waals surface area contributed by atoms with Crippen LogP contribution in [0.3, 0.4) is 0 Å². The van der Waals surface area contributed by atoms with Gasteiger partial charge < -0.3 is 10.6 Å². The van der Waals surface area contributed by atoms with Gasteiger partial charge in [-0.05, 0) is 65.2 Å². The minimum absolute atomic E-state index is 0.0206. The van der Waals surface area contributed by atoms with Gasteiger partial charge in [0.15, 0.2) is 0 Å². The van der Waals surface area contributed by atoms with Crippen LogP contribution in [0.25, 0.3) is 0 Å². The predicted molar refractivity (Wildman–Crippen MR) is 95.6 cm³/mol. The van der Waals surface area contributed by atoms with E-state index in [1.807, 2.05) is 24.3 Å². The number of hydrogen-bond donors (Lipinski definition) is 2. The molecular weight excluding hydrogens is 340 g/mol. The van der Waals surface area contributed by atoms with E-state index >= 15 is 0 Å². The Morgan fingerprint density at radius 2 is 1.68 bits per heavy atom. The lowest BCUT2D eigenvalue weighted by Gasteiger charge is -2.46. The number of carbonyl (C=O) groups is 1. The van der Waals surface area contributed by atoms with Crippen molar-refractivity contribution in [1.29, 1.82) is 0 Å². The number of benzene rings is 1. The SMILES string of the molecule is CC(Br)c1ccc(C(=O)NC2CC(C)(C)NC(C)(C)C2)cc1. The summed E-state index contributed by atoms with van der Waals surface area (Å²) < 4.78 is 0. The molecule has 1 aliphatic rings. The molecule has 1 aromatic carbocycles. The summed E-state index contributed by atoms with van der Waals surface area (Å²) >= 11 is 3.54. The van der Waals surface area contributed by atoms with E-state index in [1.165, 1.54) is 5.56 Å². The largest absolute Gasteiger partial charge is 0.349 e. The van der Waals surface area contributed by atoms with Crippen molar-refractivity contribution in [3.8, 4) is 0 Å². The smallest absolute Gasteiger partial charge is 0.251 e. The molecular formula is C18H27BrN2O. The van der Waals surface area contributed by atoms with Gasteiger partial charge in [0.05, 0.1) is 0 Å². The van der Waals surface area contributed by atoms with Gasteiger partial charge in [0.25, 0.3) is 5.91 Å². The molecule has 1 atom stereocenters. The Balaban J connectivity index is 2.05. The maximum absolute atomic E-state index is 12.5. The van der Waals surface area contributed by atoms with Gasteiger partial charge in [-0.25, -0.2) is 0 Å². The molecule has 0 radical (unpaired) electrons. The van der Waals surface area contributed by atoms with E-state index in [-0.39, 0.29) is 23.0 Å². The van der Waals surface area contributed by atoms with Crippen molar-refractivity contribution < 1.29 is 4.79 Å². The molecule has 0 aromatic heterocycles. The third kappa shape index (κ3) is 4.56. The average molecular weight is 367 g/mol. The summed E-state index contributed by atoms with van der Waals surface area (Å²) in [7, 11) is 0.